The summed E-state index contributed by atoms with van der Waals surface area (Å²) in [4.78, 5) is 11.0. The van der Waals surface area contributed by atoms with Gasteiger partial charge in [-0.05, 0) is 35.7 Å². The van der Waals surface area contributed by atoms with Crippen LogP contribution in [0, 0.1) is 18.3 Å². The van der Waals surface area contributed by atoms with E-state index < -0.39 is 0 Å². The highest BCUT2D eigenvalue weighted by Crippen LogP contribution is 2.26. The summed E-state index contributed by atoms with van der Waals surface area (Å²) in [5.41, 5.74) is 4.20. The van der Waals surface area contributed by atoms with E-state index in [0.717, 1.165) is 23.0 Å². The van der Waals surface area contributed by atoms with Crippen molar-refractivity contribution in [2.24, 2.45) is 0 Å². The number of carbonyl (C=O) groups is 1. The van der Waals surface area contributed by atoms with Crippen LogP contribution in [0.2, 0.25) is 0 Å². The summed E-state index contributed by atoms with van der Waals surface area (Å²) in [5.74, 6) is 0. The molecule has 0 saturated carbocycles. The molecule has 0 aliphatic rings. The van der Waals surface area contributed by atoms with Crippen molar-refractivity contribution in [2.45, 2.75) is 6.92 Å². The number of aldehydes is 1. The minimum atomic E-state index is 0.634. The van der Waals surface area contributed by atoms with Gasteiger partial charge in [0.25, 0.3) is 0 Å². The van der Waals surface area contributed by atoms with E-state index in [1.54, 1.807) is 12.1 Å². The van der Waals surface area contributed by atoms with Gasteiger partial charge in [0.1, 0.15) is 0 Å². The third-order valence-electron chi connectivity index (χ3n) is 2.73. The van der Waals surface area contributed by atoms with Crippen molar-refractivity contribution in [2.75, 3.05) is 0 Å². The first-order valence-corrected chi connectivity index (χ1v) is 5.31. The van der Waals surface area contributed by atoms with Crippen LogP contribution in [-0.4, -0.2) is 6.29 Å². The quantitative estimate of drug-likeness (QED) is 0.730. The van der Waals surface area contributed by atoms with E-state index in [1.165, 1.54) is 0 Å². The van der Waals surface area contributed by atoms with Crippen molar-refractivity contribution in [3.8, 4) is 17.2 Å². The van der Waals surface area contributed by atoms with Crippen molar-refractivity contribution in [3.63, 3.8) is 0 Å². The molecule has 0 aromatic heterocycles. The Bertz CT molecular complexity index is 609. The second-order valence-corrected chi connectivity index (χ2v) is 3.85. The van der Waals surface area contributed by atoms with Gasteiger partial charge in [0.05, 0.1) is 11.6 Å². The van der Waals surface area contributed by atoms with Crippen LogP contribution in [-0.2, 0) is 0 Å². The van der Waals surface area contributed by atoms with Gasteiger partial charge in [-0.3, -0.25) is 4.79 Å². The van der Waals surface area contributed by atoms with Crippen LogP contribution in [0.25, 0.3) is 11.1 Å². The maximum atomic E-state index is 11.0. The molecule has 17 heavy (non-hydrogen) atoms. The second kappa shape index (κ2) is 4.63. The molecule has 2 aromatic carbocycles. The van der Waals surface area contributed by atoms with Crippen molar-refractivity contribution in [1.82, 2.24) is 0 Å². The third-order valence-corrected chi connectivity index (χ3v) is 2.73. The van der Waals surface area contributed by atoms with E-state index in [9.17, 15) is 4.79 Å². The smallest absolute Gasteiger partial charge is 0.150 e. The molecule has 0 saturated heterocycles. The number of benzene rings is 2. The van der Waals surface area contributed by atoms with Gasteiger partial charge < -0.3 is 0 Å². The fourth-order valence-electron chi connectivity index (χ4n) is 1.88. The molecule has 2 rings (SSSR count). The van der Waals surface area contributed by atoms with Gasteiger partial charge >= 0.3 is 0 Å². The Hall–Kier alpha value is -2.40. The molecule has 0 aliphatic carbocycles. The second-order valence-electron chi connectivity index (χ2n) is 3.85. The van der Waals surface area contributed by atoms with Crippen LogP contribution >= 0.6 is 0 Å². The van der Waals surface area contributed by atoms with E-state index in [4.69, 9.17) is 5.26 Å². The number of rotatable bonds is 2. The highest BCUT2D eigenvalue weighted by molar-refractivity contribution is 5.88. The molecule has 0 bridgehead atoms. The van der Waals surface area contributed by atoms with Gasteiger partial charge in [-0.25, -0.2) is 0 Å². The zero-order valence-corrected chi connectivity index (χ0v) is 9.47. The summed E-state index contributed by atoms with van der Waals surface area (Å²) in [6, 6.07) is 15.0. The van der Waals surface area contributed by atoms with Crippen LogP contribution in [0.3, 0.4) is 0 Å². The Labute approximate surface area is 100 Å². The molecule has 0 aliphatic heterocycles. The summed E-state index contributed by atoms with van der Waals surface area (Å²) in [6.45, 7) is 1.94. The normalized spacial score (nSPS) is 9.65. The molecule has 2 nitrogen and oxygen atoms in total. The SMILES string of the molecule is Cc1cc(C#N)ccc1-c1ccccc1C=O. The molecule has 0 atom stereocenters. The van der Waals surface area contributed by atoms with Gasteiger partial charge in [0, 0.05) is 5.56 Å². The van der Waals surface area contributed by atoms with Crippen LogP contribution in [0.15, 0.2) is 42.5 Å². The predicted molar refractivity (Wildman–Crippen MR) is 66.7 cm³/mol. The van der Waals surface area contributed by atoms with Gasteiger partial charge in [0.15, 0.2) is 6.29 Å². The minimum absolute atomic E-state index is 0.634. The molecule has 0 amide bonds. The molecule has 2 aromatic rings. The Balaban J connectivity index is 2.61. The number of hydrogen-bond donors (Lipinski definition) is 0. The summed E-state index contributed by atoms with van der Waals surface area (Å²) in [7, 11) is 0. The van der Waals surface area contributed by atoms with Crippen LogP contribution < -0.4 is 0 Å². The third kappa shape index (κ3) is 2.09. The summed E-state index contributed by atoms with van der Waals surface area (Å²) in [5, 5.41) is 8.82. The first-order chi connectivity index (χ1) is 8.26. The standard InChI is InChI=1S/C15H11NO/c1-11-8-12(9-16)6-7-14(11)15-5-3-2-4-13(15)10-17/h2-8,10H,1H3. The number of aryl methyl sites for hydroxylation is 1. The monoisotopic (exact) mass is 221 g/mol. The van der Waals surface area contributed by atoms with Crippen LogP contribution in [0.4, 0.5) is 0 Å². The van der Waals surface area contributed by atoms with Crippen molar-refractivity contribution >= 4 is 6.29 Å². The first kappa shape index (κ1) is 11.1. The molecular formula is C15H11NO. The zero-order chi connectivity index (χ0) is 12.3. The molecule has 0 radical (unpaired) electrons. The summed E-state index contributed by atoms with van der Waals surface area (Å²) < 4.78 is 0. The van der Waals surface area contributed by atoms with E-state index in [2.05, 4.69) is 6.07 Å². The van der Waals surface area contributed by atoms with Gasteiger partial charge in [-0.1, -0.05) is 30.3 Å². The summed E-state index contributed by atoms with van der Waals surface area (Å²) >= 11 is 0. The Morgan fingerprint density at radius 3 is 2.53 bits per heavy atom. The molecule has 0 spiro atoms. The summed E-state index contributed by atoms with van der Waals surface area (Å²) in [6.07, 6.45) is 0.854. The Kier molecular flexibility index (Phi) is 3.02. The average Bonchev–Trinajstić information content (AvgIpc) is 2.38. The highest BCUT2D eigenvalue weighted by atomic mass is 16.1. The predicted octanol–water partition coefficient (Wildman–Crippen LogP) is 3.35. The lowest BCUT2D eigenvalue weighted by Crippen LogP contribution is -1.90. The number of nitrogens with zero attached hydrogens (tertiary/aromatic N) is 1. The van der Waals surface area contributed by atoms with Crippen molar-refractivity contribution < 1.29 is 4.79 Å². The fourth-order valence-corrected chi connectivity index (χ4v) is 1.88. The van der Waals surface area contributed by atoms with Crippen molar-refractivity contribution in [3.05, 3.63) is 59.2 Å². The lowest BCUT2D eigenvalue weighted by molar-refractivity contribution is 0.112. The maximum absolute atomic E-state index is 11.0. The van der Waals surface area contributed by atoms with E-state index in [1.807, 2.05) is 37.3 Å². The molecule has 82 valence electrons. The number of nitriles is 1. The molecule has 0 N–H and O–H groups in total. The van der Waals surface area contributed by atoms with E-state index in [-0.39, 0.29) is 0 Å². The van der Waals surface area contributed by atoms with Crippen molar-refractivity contribution in [1.29, 1.82) is 5.26 Å². The maximum Gasteiger partial charge on any atom is 0.150 e. The molecule has 0 unspecified atom stereocenters. The Morgan fingerprint density at radius 2 is 1.88 bits per heavy atom. The lowest BCUT2D eigenvalue weighted by Gasteiger charge is -2.08. The Morgan fingerprint density at radius 1 is 1.12 bits per heavy atom. The fraction of sp³-hybridized carbons (Fsp3) is 0.0667. The number of carbonyl (C=O) groups excluding carboxylic acids is 1. The van der Waals surface area contributed by atoms with Crippen LogP contribution in [0.1, 0.15) is 21.5 Å². The largest absolute Gasteiger partial charge is 0.298 e. The van der Waals surface area contributed by atoms with Crippen LogP contribution in [0.5, 0.6) is 0 Å². The van der Waals surface area contributed by atoms with E-state index in [0.29, 0.717) is 11.1 Å². The topological polar surface area (TPSA) is 40.9 Å². The zero-order valence-electron chi connectivity index (χ0n) is 9.47. The van der Waals surface area contributed by atoms with Gasteiger partial charge in [-0.15, -0.1) is 0 Å². The van der Waals surface area contributed by atoms with Gasteiger partial charge in [-0.2, -0.15) is 5.26 Å². The first-order valence-electron chi connectivity index (χ1n) is 5.31. The molecule has 0 fully saturated rings. The lowest BCUT2D eigenvalue weighted by atomic mass is 9.95. The average molecular weight is 221 g/mol. The number of hydrogen-bond acceptors (Lipinski definition) is 2. The molecule has 0 heterocycles. The van der Waals surface area contributed by atoms with E-state index >= 15 is 0 Å². The molecular weight excluding hydrogens is 210 g/mol. The minimum Gasteiger partial charge on any atom is -0.298 e. The van der Waals surface area contributed by atoms with Gasteiger partial charge in [0.2, 0.25) is 0 Å². The molecule has 2 heteroatoms. The highest BCUT2D eigenvalue weighted by Gasteiger charge is 2.06.